The standard InChI is InChI=1S/C54H67N6O7PSi/c1-37(2)60(38(3)4)68(61)65-33-40(32-55)48-47(34-64-54(41-20-16-13-17-21-41,42-23-27-44(62-8)28-24-42)43-25-29-45(63-9)30-26-43)66-52(50(48)67-69(10,11)53(5,6)7)59-36-58-49-46(56-35-57-51(49)59)31-22-39-18-14-12-15-19-39/h12-31,35-38,40,47-48,50,52,61H,33-34H2,1-11H3/b31-22+/t40?,47-,48+,50+,52+,68?/m0/s1. The second-order valence-electron chi connectivity index (χ2n) is 19.5. The molecule has 4 aromatic carbocycles. The van der Waals surface area contributed by atoms with Crippen molar-refractivity contribution in [3.63, 3.8) is 0 Å². The number of imidazole rings is 1. The van der Waals surface area contributed by atoms with Gasteiger partial charge in [-0.05, 0) is 98.4 Å². The van der Waals surface area contributed by atoms with Crippen molar-refractivity contribution in [2.45, 2.75) is 103 Å². The number of rotatable bonds is 20. The molecule has 15 heteroatoms. The first-order valence-electron chi connectivity index (χ1n) is 23.5. The summed E-state index contributed by atoms with van der Waals surface area (Å²) in [5.74, 6) is -0.0562. The fraction of sp³-hybridized carbons (Fsp3) is 0.407. The van der Waals surface area contributed by atoms with E-state index in [4.69, 9.17) is 37.9 Å². The highest BCUT2D eigenvalue weighted by Gasteiger charge is 2.55. The summed E-state index contributed by atoms with van der Waals surface area (Å²) < 4.78 is 43.9. The highest BCUT2D eigenvalue weighted by molar-refractivity contribution is 7.43. The first-order chi connectivity index (χ1) is 33.0. The number of hydrogen-bond donors (Lipinski definition) is 1. The van der Waals surface area contributed by atoms with E-state index in [-0.39, 0.29) is 30.3 Å². The molecule has 1 aliphatic rings. The van der Waals surface area contributed by atoms with Crippen LogP contribution in [-0.4, -0.2) is 89.1 Å². The molecule has 13 nitrogen and oxygen atoms in total. The van der Waals surface area contributed by atoms with E-state index in [9.17, 15) is 10.2 Å². The summed E-state index contributed by atoms with van der Waals surface area (Å²) in [7, 11) is -1.40. The molecule has 1 fully saturated rings. The van der Waals surface area contributed by atoms with Gasteiger partial charge in [0.05, 0.1) is 63.6 Å². The molecular formula is C54H67N6O7PSi. The highest BCUT2D eigenvalue weighted by Crippen LogP contribution is 2.50. The number of nitriles is 1. The molecule has 6 atom stereocenters. The predicted octanol–water partition coefficient (Wildman–Crippen LogP) is 11.4. The van der Waals surface area contributed by atoms with Crippen LogP contribution in [-0.2, 0) is 24.0 Å². The van der Waals surface area contributed by atoms with Crippen LogP contribution in [0.25, 0.3) is 23.3 Å². The lowest BCUT2D eigenvalue weighted by Crippen LogP contribution is -2.49. The Labute approximate surface area is 410 Å². The maximum atomic E-state index is 11.6. The Kier molecular flexibility index (Phi) is 16.6. The zero-order valence-electron chi connectivity index (χ0n) is 41.7. The van der Waals surface area contributed by atoms with Gasteiger partial charge in [-0.3, -0.25) is 4.57 Å². The molecular weight excluding hydrogens is 904 g/mol. The third-order valence-electron chi connectivity index (χ3n) is 13.4. The molecule has 0 spiro atoms. The van der Waals surface area contributed by atoms with E-state index in [1.54, 1.807) is 20.5 Å². The smallest absolute Gasteiger partial charge is 0.256 e. The van der Waals surface area contributed by atoms with Crippen LogP contribution in [0.3, 0.4) is 0 Å². The van der Waals surface area contributed by atoms with Gasteiger partial charge in [0.15, 0.2) is 20.2 Å². The Morgan fingerprint density at radius 2 is 1.38 bits per heavy atom. The summed E-state index contributed by atoms with van der Waals surface area (Å²) >= 11 is 0. The van der Waals surface area contributed by atoms with Gasteiger partial charge in [0, 0.05) is 18.0 Å². The van der Waals surface area contributed by atoms with E-state index in [0.717, 1.165) is 22.3 Å². The monoisotopic (exact) mass is 970 g/mol. The molecule has 364 valence electrons. The van der Waals surface area contributed by atoms with Crippen molar-refractivity contribution >= 4 is 40.2 Å². The van der Waals surface area contributed by atoms with Crippen molar-refractivity contribution < 1.29 is 32.8 Å². The third-order valence-corrected chi connectivity index (χ3v) is 19.6. The number of ether oxygens (including phenoxy) is 4. The van der Waals surface area contributed by atoms with Crippen LogP contribution in [0.15, 0.2) is 122 Å². The molecule has 2 aromatic heterocycles. The van der Waals surface area contributed by atoms with Crippen molar-refractivity contribution in [2.24, 2.45) is 11.8 Å². The van der Waals surface area contributed by atoms with Gasteiger partial charge in [0.25, 0.3) is 8.53 Å². The van der Waals surface area contributed by atoms with E-state index in [1.807, 2.05) is 146 Å². The fourth-order valence-electron chi connectivity index (χ4n) is 8.90. The third kappa shape index (κ3) is 11.2. The first-order valence-corrected chi connectivity index (χ1v) is 27.6. The zero-order chi connectivity index (χ0) is 49.5. The van der Waals surface area contributed by atoms with Crippen molar-refractivity contribution in [3.05, 3.63) is 150 Å². The number of nitrogens with zero attached hydrogens (tertiary/aromatic N) is 6. The summed E-state index contributed by atoms with van der Waals surface area (Å²) in [6.07, 6.45) is 4.90. The molecule has 1 saturated heterocycles. The predicted molar refractivity (Wildman–Crippen MR) is 275 cm³/mol. The van der Waals surface area contributed by atoms with Crippen LogP contribution in [0, 0.1) is 23.2 Å². The molecule has 0 radical (unpaired) electrons. The number of benzene rings is 4. The minimum absolute atomic E-state index is 0.00242. The molecule has 1 aliphatic heterocycles. The summed E-state index contributed by atoms with van der Waals surface area (Å²) in [5.41, 5.74) is 4.19. The van der Waals surface area contributed by atoms with Crippen LogP contribution in [0.2, 0.25) is 18.1 Å². The lowest BCUT2D eigenvalue weighted by molar-refractivity contribution is -0.0895. The molecule has 7 rings (SSSR count). The van der Waals surface area contributed by atoms with Crippen LogP contribution in [0.5, 0.6) is 11.5 Å². The van der Waals surface area contributed by atoms with E-state index < -0.39 is 52.7 Å². The lowest BCUT2D eigenvalue weighted by atomic mass is 9.79. The largest absolute Gasteiger partial charge is 0.497 e. The van der Waals surface area contributed by atoms with Crippen molar-refractivity contribution in [1.82, 2.24) is 24.2 Å². The Morgan fingerprint density at radius 3 is 1.91 bits per heavy atom. The molecule has 0 amide bonds. The highest BCUT2D eigenvalue weighted by atomic mass is 31.2. The second kappa shape index (κ2) is 22.2. The van der Waals surface area contributed by atoms with Gasteiger partial charge in [-0.1, -0.05) is 112 Å². The SMILES string of the molecule is COc1ccc(C(OC[C@@H]2O[C@@H](n3cnc4c(/C=C/c5ccccc5)ncnc43)[C@H](O[Si](C)(C)C(C)(C)C)[C@@H]2C(C#N)COP(O)N(C(C)C)C(C)C)(c2ccccc2)c2ccc(OC)cc2)cc1. The maximum absolute atomic E-state index is 11.6. The molecule has 0 aliphatic carbocycles. The Morgan fingerprint density at radius 1 is 0.812 bits per heavy atom. The van der Waals surface area contributed by atoms with Crippen molar-refractivity contribution in [1.29, 1.82) is 5.26 Å². The summed E-state index contributed by atoms with van der Waals surface area (Å²) in [5, 5.41) is 11.1. The first kappa shape index (κ1) is 51.5. The minimum Gasteiger partial charge on any atom is -0.497 e. The average molecular weight is 971 g/mol. The average Bonchev–Trinajstić information content (AvgIpc) is 3.93. The van der Waals surface area contributed by atoms with Gasteiger partial charge < -0.3 is 32.8 Å². The summed E-state index contributed by atoms with van der Waals surface area (Å²) in [6.45, 7) is 19.0. The molecule has 69 heavy (non-hydrogen) atoms. The Hall–Kier alpha value is -5.33. The molecule has 1 N–H and O–H groups in total. The number of hydrogen-bond acceptors (Lipinski definition) is 12. The van der Waals surface area contributed by atoms with Gasteiger partial charge in [-0.15, -0.1) is 0 Å². The zero-order valence-corrected chi connectivity index (χ0v) is 43.6. The van der Waals surface area contributed by atoms with Gasteiger partial charge in [-0.2, -0.15) is 5.26 Å². The van der Waals surface area contributed by atoms with Gasteiger partial charge in [0.2, 0.25) is 0 Å². The van der Waals surface area contributed by atoms with Crippen LogP contribution < -0.4 is 9.47 Å². The van der Waals surface area contributed by atoms with E-state index in [0.29, 0.717) is 28.4 Å². The van der Waals surface area contributed by atoms with E-state index in [1.165, 1.54) is 6.33 Å². The molecule has 3 heterocycles. The van der Waals surface area contributed by atoms with E-state index >= 15 is 0 Å². The number of fused-ring (bicyclic) bond motifs is 1. The van der Waals surface area contributed by atoms with Gasteiger partial charge >= 0.3 is 0 Å². The Balaban J connectivity index is 1.39. The summed E-state index contributed by atoms with van der Waals surface area (Å²) in [6, 6.07) is 38.5. The van der Waals surface area contributed by atoms with Gasteiger partial charge in [0.1, 0.15) is 28.9 Å². The van der Waals surface area contributed by atoms with Gasteiger partial charge in [-0.25, -0.2) is 19.6 Å². The van der Waals surface area contributed by atoms with Crippen molar-refractivity contribution in [3.8, 4) is 17.6 Å². The maximum Gasteiger partial charge on any atom is 0.256 e. The summed E-state index contributed by atoms with van der Waals surface area (Å²) in [4.78, 5) is 25.9. The minimum atomic E-state index is -2.64. The Bertz CT molecular complexity index is 2600. The normalized spacial score (nSPS) is 18.9. The molecule has 0 bridgehead atoms. The van der Waals surface area contributed by atoms with Crippen LogP contribution in [0.4, 0.5) is 0 Å². The molecule has 2 unspecified atom stereocenters. The van der Waals surface area contributed by atoms with E-state index in [2.05, 4.69) is 57.1 Å². The van der Waals surface area contributed by atoms with Crippen molar-refractivity contribution in [2.75, 3.05) is 27.4 Å². The van der Waals surface area contributed by atoms with Crippen LogP contribution in [0.1, 0.15) is 82.6 Å². The molecule has 6 aromatic rings. The fourth-order valence-corrected chi connectivity index (χ4v) is 11.4. The number of methoxy groups -OCH3 is 2. The second-order valence-corrected chi connectivity index (χ2v) is 25.5. The van der Waals surface area contributed by atoms with Crippen LogP contribution >= 0.6 is 8.53 Å². The number of aromatic nitrogens is 4. The molecule has 0 saturated carbocycles. The quantitative estimate of drug-likeness (QED) is 0.0441. The topological polar surface area (TPSA) is 146 Å². The lowest BCUT2D eigenvalue weighted by Gasteiger charge is -2.42.